The molecule has 1 aliphatic carbocycles. The van der Waals surface area contributed by atoms with Gasteiger partial charge in [0.05, 0.1) is 19.4 Å². The normalized spacial score (nSPS) is 28.0. The van der Waals surface area contributed by atoms with Gasteiger partial charge < -0.3 is 35.7 Å². The molecule has 3 saturated heterocycles. The van der Waals surface area contributed by atoms with Gasteiger partial charge in [-0.05, 0) is 25.0 Å². The number of rotatable bonds is 7. The average Bonchev–Trinajstić information content (AvgIpc) is 3.54. The highest BCUT2D eigenvalue weighted by Crippen LogP contribution is 2.43. The first kappa shape index (κ1) is 24.7. The number of carbonyl (C=O) groups excluding carboxylic acids is 2. The molecule has 3 aliphatic heterocycles. The summed E-state index contributed by atoms with van der Waals surface area (Å²) < 4.78 is 12.1. The lowest BCUT2D eigenvalue weighted by atomic mass is 9.81. The second-order valence-corrected chi connectivity index (χ2v) is 9.65. The van der Waals surface area contributed by atoms with Gasteiger partial charge in [-0.2, -0.15) is 0 Å². The predicted octanol–water partition coefficient (Wildman–Crippen LogP) is -1.36. The second kappa shape index (κ2) is 10.1. The van der Waals surface area contributed by atoms with E-state index < -0.39 is 11.6 Å². The van der Waals surface area contributed by atoms with Gasteiger partial charge in [0.2, 0.25) is 11.5 Å². The van der Waals surface area contributed by atoms with Crippen LogP contribution in [0.3, 0.4) is 0 Å². The van der Waals surface area contributed by atoms with Crippen molar-refractivity contribution in [2.75, 3.05) is 31.5 Å². The third-order valence-electron chi connectivity index (χ3n) is 7.68. The van der Waals surface area contributed by atoms with Crippen LogP contribution in [0.25, 0.3) is 0 Å². The molecule has 10 nitrogen and oxygen atoms in total. The van der Waals surface area contributed by atoms with Crippen LogP contribution in [0.2, 0.25) is 0 Å². The Morgan fingerprint density at radius 2 is 1.88 bits per heavy atom. The zero-order valence-electron chi connectivity index (χ0n) is 18.9. The molecule has 2 atom stereocenters. The van der Waals surface area contributed by atoms with Crippen molar-refractivity contribution in [3.05, 3.63) is 36.8 Å². The number of aromatic nitrogens is 3. The summed E-state index contributed by atoms with van der Waals surface area (Å²) in [6, 6.07) is 3.33. The van der Waals surface area contributed by atoms with Crippen molar-refractivity contribution < 1.29 is 45.3 Å². The number of fused-ring (bicyclic) bond motifs is 3. The number of furan rings is 1. The highest BCUT2D eigenvalue weighted by atomic mass is 79.9. The molecule has 1 amide bonds. The van der Waals surface area contributed by atoms with Crippen molar-refractivity contribution in [3.8, 4) is 0 Å². The highest BCUT2D eigenvalue weighted by Gasteiger charge is 2.54. The van der Waals surface area contributed by atoms with E-state index in [0.717, 1.165) is 51.6 Å². The number of carbonyl (C=O) groups is 2. The summed E-state index contributed by atoms with van der Waals surface area (Å²) in [6.45, 7) is 2.53. The van der Waals surface area contributed by atoms with E-state index in [2.05, 4.69) is 20.3 Å². The Morgan fingerprint density at radius 1 is 1.18 bits per heavy atom. The van der Waals surface area contributed by atoms with Crippen LogP contribution in [-0.2, 0) is 19.9 Å². The van der Waals surface area contributed by atoms with Gasteiger partial charge in [0.25, 0.3) is 5.91 Å². The zero-order valence-corrected chi connectivity index (χ0v) is 20.5. The monoisotopic (exact) mass is 535 g/mol. The lowest BCUT2D eigenvalue weighted by Gasteiger charge is -2.51. The van der Waals surface area contributed by atoms with Crippen molar-refractivity contribution in [2.24, 2.45) is 11.8 Å². The molecule has 6 rings (SSSR count). The topological polar surface area (TPSA) is 127 Å². The Balaban J connectivity index is 0.00000274. The number of halogens is 1. The Bertz CT molecular complexity index is 977. The van der Waals surface area contributed by atoms with Crippen molar-refractivity contribution >= 4 is 17.8 Å². The number of hydrogen-bond acceptors (Lipinski definition) is 8. The van der Waals surface area contributed by atoms with Gasteiger partial charge in [0.1, 0.15) is 25.0 Å². The second-order valence-electron chi connectivity index (χ2n) is 9.65. The summed E-state index contributed by atoms with van der Waals surface area (Å²) in [5.41, 5.74) is -1.77. The molecule has 4 aliphatic rings. The maximum absolute atomic E-state index is 13.4. The van der Waals surface area contributed by atoms with Crippen LogP contribution in [-0.4, -0.2) is 68.7 Å². The van der Waals surface area contributed by atoms with Gasteiger partial charge in [0.15, 0.2) is 12.6 Å². The maximum Gasteiger partial charge on any atom is 0.346 e. The molecular formula is C23H30BrN5O5. The minimum atomic E-state index is -1.77. The summed E-state index contributed by atoms with van der Waals surface area (Å²) in [5, 5.41) is 14.3. The van der Waals surface area contributed by atoms with Crippen molar-refractivity contribution in [2.45, 2.75) is 50.2 Å². The first-order valence-corrected chi connectivity index (χ1v) is 11.7. The fourth-order valence-corrected chi connectivity index (χ4v) is 5.88. The number of anilines is 1. The number of hydrogen-bond donors (Lipinski definition) is 2. The Hall–Kier alpha value is -2.37. The first-order chi connectivity index (χ1) is 16.0. The Labute approximate surface area is 208 Å². The van der Waals surface area contributed by atoms with E-state index in [1.54, 1.807) is 12.1 Å². The Kier molecular flexibility index (Phi) is 7.34. The van der Waals surface area contributed by atoms with E-state index in [9.17, 15) is 14.7 Å². The molecule has 2 aromatic heterocycles. The summed E-state index contributed by atoms with van der Waals surface area (Å²) in [6.07, 6.45) is 9.03. The van der Waals surface area contributed by atoms with Crippen LogP contribution in [0.1, 0.15) is 44.3 Å². The number of quaternary nitrogens is 1. The van der Waals surface area contributed by atoms with Crippen molar-refractivity contribution in [3.63, 3.8) is 0 Å². The lowest BCUT2D eigenvalue weighted by Crippen LogP contribution is -3.00. The van der Waals surface area contributed by atoms with Gasteiger partial charge in [-0.3, -0.25) is 10.1 Å². The van der Waals surface area contributed by atoms with Gasteiger partial charge in [-0.1, -0.05) is 12.8 Å². The lowest BCUT2D eigenvalue weighted by molar-refractivity contribution is -0.939. The van der Waals surface area contributed by atoms with Gasteiger partial charge in [-0.15, -0.1) is 0 Å². The molecule has 0 aromatic carbocycles. The molecular weight excluding hydrogens is 506 g/mol. The molecule has 1 unspecified atom stereocenters. The molecule has 2 bridgehead atoms. The quantitative estimate of drug-likeness (QED) is 0.328. The SMILES string of the molecule is O=C(C[N+]12CCC(CC1)[C@@H](OC(=O)C(O)(c1ccco1)C1CCCC1)C2)Nc1ncncn1.[Br-]. The summed E-state index contributed by atoms with van der Waals surface area (Å²) in [4.78, 5) is 37.8. The van der Waals surface area contributed by atoms with Crippen LogP contribution in [0.5, 0.6) is 0 Å². The number of ether oxygens (including phenoxy) is 1. The highest BCUT2D eigenvalue weighted by molar-refractivity contribution is 5.89. The van der Waals surface area contributed by atoms with E-state index in [1.807, 2.05) is 0 Å². The molecule has 2 N–H and O–H groups in total. The molecule has 184 valence electrons. The van der Waals surface area contributed by atoms with Crippen LogP contribution >= 0.6 is 0 Å². The summed E-state index contributed by atoms with van der Waals surface area (Å²) in [5.74, 6) is -0.304. The molecule has 11 heteroatoms. The fraction of sp³-hybridized carbons (Fsp3) is 0.609. The number of aliphatic hydroxyl groups is 1. The van der Waals surface area contributed by atoms with E-state index in [4.69, 9.17) is 9.15 Å². The minimum absolute atomic E-state index is 0. The van der Waals surface area contributed by atoms with E-state index in [0.29, 0.717) is 11.0 Å². The maximum atomic E-state index is 13.4. The minimum Gasteiger partial charge on any atom is -1.00 e. The summed E-state index contributed by atoms with van der Waals surface area (Å²) >= 11 is 0. The van der Waals surface area contributed by atoms with Crippen LogP contribution in [0.15, 0.2) is 35.5 Å². The number of amides is 1. The smallest absolute Gasteiger partial charge is 0.346 e. The molecule has 1 saturated carbocycles. The van der Waals surface area contributed by atoms with Gasteiger partial charge in [0, 0.05) is 24.7 Å². The van der Waals surface area contributed by atoms with E-state index >= 15 is 0 Å². The molecule has 0 spiro atoms. The van der Waals surface area contributed by atoms with E-state index in [-0.39, 0.29) is 59.1 Å². The third kappa shape index (κ3) is 4.73. The van der Waals surface area contributed by atoms with Crippen molar-refractivity contribution in [1.29, 1.82) is 0 Å². The molecule has 5 heterocycles. The molecule has 0 radical (unpaired) electrons. The Morgan fingerprint density at radius 3 is 2.53 bits per heavy atom. The first-order valence-electron chi connectivity index (χ1n) is 11.7. The number of nitrogens with one attached hydrogen (secondary N) is 1. The molecule has 4 fully saturated rings. The van der Waals surface area contributed by atoms with Crippen LogP contribution < -0.4 is 22.3 Å². The zero-order chi connectivity index (χ0) is 22.9. The standard InChI is InChI=1S/C23H29N5O5.BrH/c29-20(27-22-25-14-24-15-26-22)13-28-9-7-16(8-10-28)18(12-28)33-21(30)23(31,17-4-1-2-5-17)19-6-3-11-32-19;/h3,6,11,14-18,31H,1-2,4-5,7-10,12-13H2;1H/t16?,18-,23?,28?;/m0./s1. The number of piperidine rings is 3. The third-order valence-corrected chi connectivity index (χ3v) is 7.68. The van der Waals surface area contributed by atoms with Gasteiger partial charge in [-0.25, -0.2) is 19.7 Å². The predicted molar refractivity (Wildman–Crippen MR) is 115 cm³/mol. The largest absolute Gasteiger partial charge is 1.00 e. The molecule has 2 aromatic rings. The van der Waals surface area contributed by atoms with Gasteiger partial charge >= 0.3 is 5.97 Å². The van der Waals surface area contributed by atoms with E-state index in [1.165, 1.54) is 18.9 Å². The van der Waals surface area contributed by atoms with Crippen molar-refractivity contribution in [1.82, 2.24) is 15.0 Å². The van der Waals surface area contributed by atoms with Crippen LogP contribution in [0.4, 0.5) is 5.95 Å². The number of esters is 1. The molecule has 34 heavy (non-hydrogen) atoms. The average molecular weight is 536 g/mol. The van der Waals surface area contributed by atoms with Crippen LogP contribution in [0, 0.1) is 11.8 Å². The number of nitrogens with zero attached hydrogens (tertiary/aromatic N) is 4. The fourth-order valence-electron chi connectivity index (χ4n) is 5.88. The summed E-state index contributed by atoms with van der Waals surface area (Å²) in [7, 11) is 0.